The first-order valence-electron chi connectivity index (χ1n) is 6.55. The van der Waals surface area contributed by atoms with Gasteiger partial charge in [-0.2, -0.15) is 0 Å². The molecule has 4 nitrogen and oxygen atoms in total. The molecule has 0 amide bonds. The van der Waals surface area contributed by atoms with Gasteiger partial charge in [-0.25, -0.2) is 4.79 Å². The number of nitrogens with one attached hydrogen (secondary N) is 1. The van der Waals surface area contributed by atoms with Crippen LogP contribution in [0, 0.1) is 0 Å². The number of aryl methyl sites for hydroxylation is 1. The Labute approximate surface area is 118 Å². The normalized spacial score (nSPS) is 10.2. The smallest absolute Gasteiger partial charge is 0.337 e. The highest BCUT2D eigenvalue weighted by Crippen LogP contribution is 2.24. The van der Waals surface area contributed by atoms with Gasteiger partial charge in [0.15, 0.2) is 0 Å². The van der Waals surface area contributed by atoms with Crippen LogP contribution >= 0.6 is 0 Å². The van der Waals surface area contributed by atoms with Crippen LogP contribution in [0.4, 0.5) is 11.4 Å². The SMILES string of the molecule is CCc1ccc(CNc2c(N)cccc2C(=O)O)cc1. The second-order valence-electron chi connectivity index (χ2n) is 4.60. The fraction of sp³-hybridized carbons (Fsp3) is 0.188. The molecule has 0 aliphatic carbocycles. The molecule has 0 aliphatic heterocycles. The molecular weight excluding hydrogens is 252 g/mol. The predicted molar refractivity (Wildman–Crippen MR) is 81.0 cm³/mol. The highest BCUT2D eigenvalue weighted by molar-refractivity contribution is 5.97. The van der Waals surface area contributed by atoms with Gasteiger partial charge in [0.1, 0.15) is 0 Å². The Morgan fingerprint density at radius 3 is 2.40 bits per heavy atom. The molecule has 0 radical (unpaired) electrons. The van der Waals surface area contributed by atoms with Gasteiger partial charge in [-0.05, 0) is 29.7 Å². The summed E-state index contributed by atoms with van der Waals surface area (Å²) in [5, 5.41) is 12.3. The van der Waals surface area contributed by atoms with E-state index in [4.69, 9.17) is 10.8 Å². The molecule has 0 fully saturated rings. The van der Waals surface area contributed by atoms with Crippen molar-refractivity contribution in [1.82, 2.24) is 0 Å². The third-order valence-corrected chi connectivity index (χ3v) is 3.23. The molecular formula is C16H18N2O2. The van der Waals surface area contributed by atoms with E-state index in [1.807, 2.05) is 12.1 Å². The number of nitrogen functional groups attached to an aromatic ring is 1. The van der Waals surface area contributed by atoms with Crippen molar-refractivity contribution >= 4 is 17.3 Å². The number of carbonyl (C=O) groups is 1. The van der Waals surface area contributed by atoms with Gasteiger partial charge >= 0.3 is 5.97 Å². The number of carboxylic acids is 1. The van der Waals surface area contributed by atoms with Gasteiger partial charge in [-0.3, -0.25) is 0 Å². The highest BCUT2D eigenvalue weighted by atomic mass is 16.4. The maximum absolute atomic E-state index is 11.2. The summed E-state index contributed by atoms with van der Waals surface area (Å²) in [5.41, 5.74) is 9.31. The first-order chi connectivity index (χ1) is 9.61. The van der Waals surface area contributed by atoms with Crippen LogP contribution in [0.2, 0.25) is 0 Å². The van der Waals surface area contributed by atoms with Crippen LogP contribution < -0.4 is 11.1 Å². The van der Waals surface area contributed by atoms with Crippen LogP contribution in [0.15, 0.2) is 42.5 Å². The van der Waals surface area contributed by atoms with E-state index in [1.165, 1.54) is 5.56 Å². The number of aromatic carboxylic acids is 1. The van der Waals surface area contributed by atoms with E-state index in [0.29, 0.717) is 17.9 Å². The number of benzene rings is 2. The zero-order valence-electron chi connectivity index (χ0n) is 11.4. The molecule has 0 aromatic heterocycles. The first-order valence-corrected chi connectivity index (χ1v) is 6.55. The van der Waals surface area contributed by atoms with Crippen molar-refractivity contribution in [2.24, 2.45) is 0 Å². The van der Waals surface area contributed by atoms with Crippen molar-refractivity contribution in [2.45, 2.75) is 19.9 Å². The molecule has 20 heavy (non-hydrogen) atoms. The van der Waals surface area contributed by atoms with Gasteiger partial charge in [-0.15, -0.1) is 0 Å². The van der Waals surface area contributed by atoms with Gasteiger partial charge in [-0.1, -0.05) is 37.3 Å². The van der Waals surface area contributed by atoms with Crippen molar-refractivity contribution in [3.8, 4) is 0 Å². The monoisotopic (exact) mass is 270 g/mol. The molecule has 2 aromatic carbocycles. The van der Waals surface area contributed by atoms with Gasteiger partial charge in [0.05, 0.1) is 16.9 Å². The molecule has 0 unspecified atom stereocenters. The summed E-state index contributed by atoms with van der Waals surface area (Å²) in [4.78, 5) is 11.2. The standard InChI is InChI=1S/C16H18N2O2/c1-2-11-6-8-12(9-7-11)10-18-15-13(16(19)20)4-3-5-14(15)17/h3-9,18H,2,10,17H2,1H3,(H,19,20). The second kappa shape index (κ2) is 6.10. The highest BCUT2D eigenvalue weighted by Gasteiger charge is 2.11. The molecule has 0 aliphatic rings. The van der Waals surface area contributed by atoms with Crippen molar-refractivity contribution < 1.29 is 9.90 Å². The summed E-state index contributed by atoms with van der Waals surface area (Å²) in [6.45, 7) is 2.65. The van der Waals surface area contributed by atoms with Gasteiger partial charge in [0.25, 0.3) is 0 Å². The van der Waals surface area contributed by atoms with E-state index < -0.39 is 5.97 Å². The van der Waals surface area contributed by atoms with Crippen LogP contribution in [-0.4, -0.2) is 11.1 Å². The summed E-state index contributed by atoms with van der Waals surface area (Å²) < 4.78 is 0. The van der Waals surface area contributed by atoms with E-state index in [9.17, 15) is 4.79 Å². The quantitative estimate of drug-likeness (QED) is 0.730. The van der Waals surface area contributed by atoms with Crippen LogP contribution in [-0.2, 0) is 13.0 Å². The maximum atomic E-state index is 11.2. The minimum absolute atomic E-state index is 0.190. The van der Waals surface area contributed by atoms with E-state index >= 15 is 0 Å². The fourth-order valence-electron chi connectivity index (χ4n) is 2.03. The number of rotatable bonds is 5. The number of para-hydroxylation sites is 1. The van der Waals surface area contributed by atoms with E-state index in [-0.39, 0.29) is 5.56 Å². The Morgan fingerprint density at radius 1 is 1.15 bits per heavy atom. The number of hydrogen-bond donors (Lipinski definition) is 3. The molecule has 0 bridgehead atoms. The van der Waals surface area contributed by atoms with Crippen molar-refractivity contribution in [3.05, 3.63) is 59.2 Å². The molecule has 0 atom stereocenters. The molecule has 0 saturated carbocycles. The molecule has 2 rings (SSSR count). The van der Waals surface area contributed by atoms with Crippen LogP contribution in [0.5, 0.6) is 0 Å². The molecule has 0 saturated heterocycles. The zero-order valence-corrected chi connectivity index (χ0v) is 11.4. The Hall–Kier alpha value is -2.49. The number of hydrogen-bond acceptors (Lipinski definition) is 3. The lowest BCUT2D eigenvalue weighted by atomic mass is 10.1. The third-order valence-electron chi connectivity index (χ3n) is 3.23. The largest absolute Gasteiger partial charge is 0.478 e. The molecule has 4 N–H and O–H groups in total. The topological polar surface area (TPSA) is 75.3 Å². The Balaban J connectivity index is 2.16. The lowest BCUT2D eigenvalue weighted by Crippen LogP contribution is -2.09. The van der Waals surface area contributed by atoms with Crippen molar-refractivity contribution in [2.75, 3.05) is 11.1 Å². The summed E-state index contributed by atoms with van der Waals surface area (Å²) in [7, 11) is 0. The van der Waals surface area contributed by atoms with E-state index in [1.54, 1.807) is 18.2 Å². The van der Waals surface area contributed by atoms with Gasteiger partial charge in [0.2, 0.25) is 0 Å². The van der Waals surface area contributed by atoms with Gasteiger partial charge in [0, 0.05) is 6.54 Å². The van der Waals surface area contributed by atoms with Crippen LogP contribution in [0.25, 0.3) is 0 Å². The van der Waals surface area contributed by atoms with Gasteiger partial charge < -0.3 is 16.2 Å². The average Bonchev–Trinajstić information content (AvgIpc) is 2.46. The third kappa shape index (κ3) is 3.09. The Bertz CT molecular complexity index is 606. The number of anilines is 2. The minimum Gasteiger partial charge on any atom is -0.478 e. The Kier molecular flexibility index (Phi) is 4.25. The second-order valence-corrected chi connectivity index (χ2v) is 4.60. The van der Waals surface area contributed by atoms with Crippen LogP contribution in [0.3, 0.4) is 0 Å². The summed E-state index contributed by atoms with van der Waals surface area (Å²) >= 11 is 0. The van der Waals surface area contributed by atoms with E-state index in [0.717, 1.165) is 12.0 Å². The first kappa shape index (κ1) is 13.9. The number of nitrogens with two attached hydrogens (primary N) is 1. The molecule has 4 heteroatoms. The average molecular weight is 270 g/mol. The summed E-state index contributed by atoms with van der Waals surface area (Å²) in [5.74, 6) is -0.985. The Morgan fingerprint density at radius 2 is 1.80 bits per heavy atom. The summed E-state index contributed by atoms with van der Waals surface area (Å²) in [6, 6.07) is 13.1. The van der Waals surface area contributed by atoms with Crippen molar-refractivity contribution in [1.29, 1.82) is 0 Å². The minimum atomic E-state index is -0.985. The van der Waals surface area contributed by atoms with E-state index in [2.05, 4.69) is 24.4 Å². The van der Waals surface area contributed by atoms with Crippen molar-refractivity contribution in [3.63, 3.8) is 0 Å². The summed E-state index contributed by atoms with van der Waals surface area (Å²) in [6.07, 6.45) is 1.00. The molecule has 0 heterocycles. The number of carboxylic acid groups (broad SMARTS) is 1. The lowest BCUT2D eigenvalue weighted by Gasteiger charge is -2.12. The van der Waals surface area contributed by atoms with Crippen LogP contribution in [0.1, 0.15) is 28.4 Å². The predicted octanol–water partition coefficient (Wildman–Crippen LogP) is 3.14. The fourth-order valence-corrected chi connectivity index (χ4v) is 2.03. The molecule has 0 spiro atoms. The molecule has 2 aromatic rings. The lowest BCUT2D eigenvalue weighted by molar-refractivity contribution is 0.0698. The zero-order chi connectivity index (χ0) is 14.5. The molecule has 104 valence electrons. The maximum Gasteiger partial charge on any atom is 0.337 e.